The minimum atomic E-state index is -1.22. The van der Waals surface area contributed by atoms with Crippen LogP contribution in [-0.2, 0) is 25.7 Å². The number of esters is 1. The van der Waals surface area contributed by atoms with E-state index in [0.29, 0.717) is 31.6 Å². The minimum Gasteiger partial charge on any atom is -0.464 e. The summed E-state index contributed by atoms with van der Waals surface area (Å²) in [7, 11) is 0. The molecule has 0 spiro atoms. The van der Waals surface area contributed by atoms with Gasteiger partial charge in [0.15, 0.2) is 6.04 Å². The minimum absolute atomic E-state index is 0.162. The number of amides is 1. The topological polar surface area (TPSA) is 84.9 Å². The summed E-state index contributed by atoms with van der Waals surface area (Å²) >= 11 is 0. The van der Waals surface area contributed by atoms with Gasteiger partial charge in [0.05, 0.1) is 19.8 Å². The van der Waals surface area contributed by atoms with E-state index in [1.807, 2.05) is 30.3 Å². The number of aliphatic hydroxyl groups is 1. The molecule has 0 saturated heterocycles. The number of hydrogen-bond acceptors (Lipinski definition) is 5. The average molecular weight is 321 g/mol. The lowest BCUT2D eigenvalue weighted by atomic mass is 10.0. The molecule has 0 aliphatic heterocycles. The number of benzene rings is 1. The number of carbonyl (C=O) groups is 2. The van der Waals surface area contributed by atoms with Gasteiger partial charge in [-0.05, 0) is 24.5 Å². The van der Waals surface area contributed by atoms with Crippen LogP contribution in [0.5, 0.6) is 0 Å². The van der Waals surface area contributed by atoms with Gasteiger partial charge in [0, 0.05) is 0 Å². The Balaban J connectivity index is 2.41. The lowest BCUT2D eigenvalue weighted by Gasteiger charge is -2.22. The van der Waals surface area contributed by atoms with Crippen LogP contribution in [-0.4, -0.2) is 42.8 Å². The average Bonchev–Trinajstić information content (AvgIpc) is 2.57. The molecule has 1 amide bonds. The fourth-order valence-electron chi connectivity index (χ4n) is 1.94. The van der Waals surface area contributed by atoms with Crippen molar-refractivity contribution in [3.8, 4) is 0 Å². The summed E-state index contributed by atoms with van der Waals surface area (Å²) in [5.41, 5.74) is 1.44. The Morgan fingerprint density at radius 2 is 2.09 bits per heavy atom. The van der Waals surface area contributed by atoms with Crippen LogP contribution in [0.1, 0.15) is 18.9 Å². The third kappa shape index (κ3) is 6.63. The van der Waals surface area contributed by atoms with Crippen molar-refractivity contribution in [2.75, 3.05) is 13.2 Å². The molecule has 2 N–H and O–H groups in total. The van der Waals surface area contributed by atoms with Gasteiger partial charge in [-0.25, -0.2) is 4.79 Å². The molecule has 0 radical (unpaired) electrons. The Bertz CT molecular complexity index is 503. The Labute approximate surface area is 136 Å². The maximum Gasteiger partial charge on any atom is 0.331 e. The fourth-order valence-corrected chi connectivity index (χ4v) is 1.94. The first-order valence-corrected chi connectivity index (χ1v) is 7.43. The Kier molecular flexibility index (Phi) is 8.64. The molecule has 0 aromatic heterocycles. The lowest BCUT2D eigenvalue weighted by molar-refractivity contribution is -0.149. The van der Waals surface area contributed by atoms with Crippen molar-refractivity contribution in [3.05, 3.63) is 48.0 Å². The van der Waals surface area contributed by atoms with Gasteiger partial charge in [0.25, 0.3) is 0 Å². The molecular formula is C17H23NO5. The third-order valence-electron chi connectivity index (χ3n) is 3.20. The van der Waals surface area contributed by atoms with Gasteiger partial charge in [0.1, 0.15) is 6.10 Å². The summed E-state index contributed by atoms with van der Waals surface area (Å²) in [6.07, 6.45) is -0.506. The Hall–Kier alpha value is -2.18. The zero-order chi connectivity index (χ0) is 17.1. The molecule has 126 valence electrons. The maximum absolute atomic E-state index is 11.7. The highest BCUT2D eigenvalue weighted by Crippen LogP contribution is 2.11. The number of hydrogen-bond donors (Lipinski definition) is 2. The number of aliphatic hydroxyl groups excluding tert-OH is 1. The number of nitrogens with one attached hydrogen (secondary N) is 1. The predicted octanol–water partition coefficient (Wildman–Crippen LogP) is 1.19. The number of rotatable bonds is 11. The molecule has 6 heteroatoms. The second-order valence-electron chi connectivity index (χ2n) is 4.91. The summed E-state index contributed by atoms with van der Waals surface area (Å²) in [4.78, 5) is 22.3. The SMILES string of the molecule is C=C(CCOCc1ccccc1)C(O)C(NC=O)C(=O)OCC. The Morgan fingerprint density at radius 3 is 2.70 bits per heavy atom. The van der Waals surface area contributed by atoms with Gasteiger partial charge in [-0.2, -0.15) is 0 Å². The highest BCUT2D eigenvalue weighted by atomic mass is 16.5. The molecule has 2 unspecified atom stereocenters. The van der Waals surface area contributed by atoms with Crippen molar-refractivity contribution >= 4 is 12.4 Å². The number of carbonyl (C=O) groups excluding carboxylic acids is 2. The monoisotopic (exact) mass is 321 g/mol. The zero-order valence-corrected chi connectivity index (χ0v) is 13.2. The summed E-state index contributed by atoms with van der Waals surface area (Å²) in [6, 6.07) is 8.53. The maximum atomic E-state index is 11.7. The molecule has 0 bridgehead atoms. The van der Waals surface area contributed by atoms with E-state index in [1.54, 1.807) is 6.92 Å². The van der Waals surface area contributed by atoms with Gasteiger partial charge in [-0.15, -0.1) is 0 Å². The van der Waals surface area contributed by atoms with Crippen LogP contribution in [0.3, 0.4) is 0 Å². The van der Waals surface area contributed by atoms with Gasteiger partial charge in [0.2, 0.25) is 6.41 Å². The summed E-state index contributed by atoms with van der Waals surface area (Å²) in [5, 5.41) is 12.4. The van der Waals surface area contributed by atoms with E-state index in [9.17, 15) is 14.7 Å². The van der Waals surface area contributed by atoms with Crippen LogP contribution in [0.2, 0.25) is 0 Å². The molecule has 1 rings (SSSR count). The molecule has 0 aliphatic rings. The van der Waals surface area contributed by atoms with Crippen LogP contribution >= 0.6 is 0 Å². The van der Waals surface area contributed by atoms with Crippen molar-refractivity contribution in [1.82, 2.24) is 5.32 Å². The smallest absolute Gasteiger partial charge is 0.331 e. The third-order valence-corrected chi connectivity index (χ3v) is 3.20. The van der Waals surface area contributed by atoms with E-state index in [0.717, 1.165) is 5.56 Å². The van der Waals surface area contributed by atoms with E-state index in [1.165, 1.54) is 0 Å². The predicted molar refractivity (Wildman–Crippen MR) is 85.5 cm³/mol. The molecule has 1 aromatic rings. The first-order valence-electron chi connectivity index (χ1n) is 7.43. The van der Waals surface area contributed by atoms with Crippen LogP contribution < -0.4 is 5.32 Å². The molecule has 0 fully saturated rings. The second kappa shape index (κ2) is 10.5. The summed E-state index contributed by atoms with van der Waals surface area (Å²) < 4.78 is 10.3. The summed E-state index contributed by atoms with van der Waals surface area (Å²) in [6.45, 7) is 6.37. The zero-order valence-electron chi connectivity index (χ0n) is 13.2. The van der Waals surface area contributed by atoms with Gasteiger partial charge in [-0.1, -0.05) is 36.9 Å². The van der Waals surface area contributed by atoms with E-state index < -0.39 is 18.1 Å². The first kappa shape index (κ1) is 18.9. The van der Waals surface area contributed by atoms with Crippen LogP contribution in [0.15, 0.2) is 42.5 Å². The van der Waals surface area contributed by atoms with E-state index in [2.05, 4.69) is 11.9 Å². The molecule has 6 nitrogen and oxygen atoms in total. The van der Waals surface area contributed by atoms with Gasteiger partial charge < -0.3 is 19.9 Å². The van der Waals surface area contributed by atoms with E-state index in [-0.39, 0.29) is 6.61 Å². The van der Waals surface area contributed by atoms with Crippen LogP contribution in [0.25, 0.3) is 0 Å². The van der Waals surface area contributed by atoms with Crippen molar-refractivity contribution in [1.29, 1.82) is 0 Å². The molecule has 0 aliphatic carbocycles. The molecule has 23 heavy (non-hydrogen) atoms. The lowest BCUT2D eigenvalue weighted by Crippen LogP contribution is -2.47. The molecule has 0 saturated carbocycles. The van der Waals surface area contributed by atoms with Crippen LogP contribution in [0.4, 0.5) is 0 Å². The molecule has 2 atom stereocenters. The number of ether oxygens (including phenoxy) is 2. The highest BCUT2D eigenvalue weighted by molar-refractivity contribution is 5.79. The van der Waals surface area contributed by atoms with Gasteiger partial charge >= 0.3 is 5.97 Å². The standard InChI is InChI=1S/C17H23NO5/c1-3-23-17(21)15(18-12-19)16(20)13(2)9-10-22-11-14-7-5-4-6-8-14/h4-8,12,15-16,20H,2-3,9-11H2,1H3,(H,18,19). The quantitative estimate of drug-likeness (QED) is 0.277. The van der Waals surface area contributed by atoms with Crippen molar-refractivity contribution < 1.29 is 24.2 Å². The first-order chi connectivity index (χ1) is 11.1. The second-order valence-corrected chi connectivity index (χ2v) is 4.91. The van der Waals surface area contributed by atoms with E-state index in [4.69, 9.17) is 9.47 Å². The molecule has 1 aromatic carbocycles. The summed E-state index contributed by atoms with van der Waals surface area (Å²) in [5.74, 6) is -0.696. The van der Waals surface area contributed by atoms with E-state index >= 15 is 0 Å². The Morgan fingerprint density at radius 1 is 1.39 bits per heavy atom. The largest absolute Gasteiger partial charge is 0.464 e. The highest BCUT2D eigenvalue weighted by Gasteiger charge is 2.29. The van der Waals surface area contributed by atoms with Crippen molar-refractivity contribution in [2.45, 2.75) is 32.1 Å². The molecular weight excluding hydrogens is 298 g/mol. The van der Waals surface area contributed by atoms with Crippen molar-refractivity contribution in [2.24, 2.45) is 0 Å². The fraction of sp³-hybridized carbons (Fsp3) is 0.412. The van der Waals surface area contributed by atoms with Gasteiger partial charge in [-0.3, -0.25) is 4.79 Å². The molecule has 0 heterocycles. The van der Waals surface area contributed by atoms with Crippen LogP contribution in [0, 0.1) is 0 Å². The van der Waals surface area contributed by atoms with Crippen molar-refractivity contribution in [3.63, 3.8) is 0 Å². The normalized spacial score (nSPS) is 13.0.